The van der Waals surface area contributed by atoms with E-state index >= 15 is 0 Å². The fourth-order valence-electron chi connectivity index (χ4n) is 4.36. The van der Waals surface area contributed by atoms with Crippen LogP contribution in [0, 0.1) is 17.1 Å². The summed E-state index contributed by atoms with van der Waals surface area (Å²) in [4.78, 5) is 9.65. The second kappa shape index (κ2) is 7.97. The number of halogens is 1. The van der Waals surface area contributed by atoms with Crippen LogP contribution >= 0.6 is 0 Å². The van der Waals surface area contributed by atoms with Gasteiger partial charge in [-0.1, -0.05) is 18.2 Å². The number of hydrogen-bond donors (Lipinski definition) is 2. The van der Waals surface area contributed by atoms with E-state index in [0.29, 0.717) is 30.4 Å². The van der Waals surface area contributed by atoms with Crippen molar-refractivity contribution in [2.45, 2.75) is 25.2 Å². The van der Waals surface area contributed by atoms with Gasteiger partial charge in [0.05, 0.1) is 11.3 Å². The fraction of sp³-hybridized carbons (Fsp3) is 0.240. The molecule has 2 heterocycles. The lowest BCUT2D eigenvalue weighted by Crippen LogP contribution is -2.22. The second-order valence-electron chi connectivity index (χ2n) is 8.17. The van der Waals surface area contributed by atoms with Gasteiger partial charge in [-0.15, -0.1) is 0 Å². The first-order chi connectivity index (χ1) is 15.6. The predicted molar refractivity (Wildman–Crippen MR) is 121 cm³/mol. The van der Waals surface area contributed by atoms with Crippen molar-refractivity contribution in [1.82, 2.24) is 9.97 Å². The van der Waals surface area contributed by atoms with E-state index in [1.54, 1.807) is 12.1 Å². The van der Waals surface area contributed by atoms with Crippen molar-refractivity contribution in [2.24, 2.45) is 0 Å². The summed E-state index contributed by atoms with van der Waals surface area (Å²) < 4.78 is 19.3. The molecule has 1 aromatic heterocycles. The maximum absolute atomic E-state index is 13.5. The molecule has 160 valence electrons. The van der Waals surface area contributed by atoms with Crippen molar-refractivity contribution in [3.8, 4) is 11.8 Å². The number of fused-ring (bicyclic) bond motifs is 6. The standard InChI is InChI=1S/C25H22FN5O/c1-25(17-5-7-18(26)8-6-17)11-10-20-22(25)30-24-29-19-9-4-16(15-27)21(14-19)32-13-3-2-12-28-23(20)31-24/h2-9,14H,10-13H2,1H3,(H2,28,29,30,31)/b3-2-. The molecule has 3 aromatic rings. The fourth-order valence-corrected chi connectivity index (χ4v) is 4.36. The van der Waals surface area contributed by atoms with E-state index in [1.807, 2.05) is 30.4 Å². The van der Waals surface area contributed by atoms with Gasteiger partial charge in [0.2, 0.25) is 5.95 Å². The molecule has 0 saturated heterocycles. The van der Waals surface area contributed by atoms with Gasteiger partial charge in [-0.05, 0) is 55.7 Å². The Morgan fingerprint density at radius 3 is 2.78 bits per heavy atom. The van der Waals surface area contributed by atoms with Gasteiger partial charge < -0.3 is 15.4 Å². The Morgan fingerprint density at radius 2 is 1.97 bits per heavy atom. The average molecular weight is 427 g/mol. The highest BCUT2D eigenvalue weighted by Gasteiger charge is 2.40. The van der Waals surface area contributed by atoms with Crippen LogP contribution in [0.2, 0.25) is 0 Å². The number of rotatable bonds is 1. The van der Waals surface area contributed by atoms with E-state index in [9.17, 15) is 9.65 Å². The largest absolute Gasteiger partial charge is 0.488 e. The zero-order valence-electron chi connectivity index (χ0n) is 17.7. The van der Waals surface area contributed by atoms with Crippen LogP contribution in [0.4, 0.5) is 21.8 Å². The van der Waals surface area contributed by atoms with Gasteiger partial charge in [-0.3, -0.25) is 0 Å². The number of ether oxygens (including phenoxy) is 1. The monoisotopic (exact) mass is 427 g/mol. The Kier molecular flexibility index (Phi) is 4.98. The van der Waals surface area contributed by atoms with Crippen LogP contribution in [0.5, 0.6) is 5.75 Å². The molecule has 1 unspecified atom stereocenters. The quantitative estimate of drug-likeness (QED) is 0.541. The summed E-state index contributed by atoms with van der Waals surface area (Å²) in [6, 6.07) is 14.1. The third-order valence-electron chi connectivity index (χ3n) is 6.13. The van der Waals surface area contributed by atoms with Gasteiger partial charge in [0.1, 0.15) is 30.1 Å². The molecule has 1 aliphatic heterocycles. The van der Waals surface area contributed by atoms with Gasteiger partial charge in [0.25, 0.3) is 0 Å². The van der Waals surface area contributed by atoms with Crippen molar-refractivity contribution in [3.05, 3.63) is 82.8 Å². The molecule has 1 atom stereocenters. The lowest BCUT2D eigenvalue weighted by Gasteiger charge is -2.26. The zero-order chi connectivity index (χ0) is 22.1. The first kappa shape index (κ1) is 20.0. The minimum atomic E-state index is -0.346. The molecule has 2 N–H and O–H groups in total. The molecule has 2 aliphatic rings. The molecule has 2 aromatic carbocycles. The lowest BCUT2D eigenvalue weighted by molar-refractivity contribution is 0.362. The van der Waals surface area contributed by atoms with E-state index in [0.717, 1.165) is 41.2 Å². The number of benzene rings is 2. The number of anilines is 3. The minimum absolute atomic E-state index is 0.251. The van der Waals surface area contributed by atoms with Gasteiger partial charge in [0.15, 0.2) is 0 Å². The van der Waals surface area contributed by atoms with Gasteiger partial charge in [0, 0.05) is 29.3 Å². The van der Waals surface area contributed by atoms with E-state index in [2.05, 4.69) is 23.6 Å². The van der Waals surface area contributed by atoms with Crippen LogP contribution in [0.25, 0.3) is 0 Å². The maximum atomic E-state index is 13.5. The Balaban J connectivity index is 1.62. The third-order valence-corrected chi connectivity index (χ3v) is 6.13. The smallest absolute Gasteiger partial charge is 0.229 e. The first-order valence-corrected chi connectivity index (χ1v) is 10.6. The van der Waals surface area contributed by atoms with E-state index in [1.165, 1.54) is 12.1 Å². The minimum Gasteiger partial charge on any atom is -0.488 e. The lowest BCUT2D eigenvalue weighted by atomic mass is 9.80. The van der Waals surface area contributed by atoms with Crippen LogP contribution < -0.4 is 15.4 Å². The summed E-state index contributed by atoms with van der Waals surface area (Å²) in [6.07, 6.45) is 5.59. The topological polar surface area (TPSA) is 82.9 Å². The Morgan fingerprint density at radius 1 is 1.12 bits per heavy atom. The Hall–Kier alpha value is -3.92. The maximum Gasteiger partial charge on any atom is 0.229 e. The molecule has 32 heavy (non-hydrogen) atoms. The molecular formula is C25H22FN5O. The first-order valence-electron chi connectivity index (χ1n) is 10.6. The SMILES string of the molecule is CC1(c2ccc(F)cc2)CCc2c3nc(nc21)Nc1ccc(C#N)c(c1)OC/C=C\CN3. The molecule has 0 fully saturated rings. The van der Waals surface area contributed by atoms with Crippen LogP contribution in [0.15, 0.2) is 54.6 Å². The summed E-state index contributed by atoms with van der Waals surface area (Å²) >= 11 is 0. The highest BCUT2D eigenvalue weighted by atomic mass is 19.1. The van der Waals surface area contributed by atoms with Crippen molar-refractivity contribution >= 4 is 17.5 Å². The number of hydrogen-bond acceptors (Lipinski definition) is 6. The molecule has 1 aliphatic carbocycles. The van der Waals surface area contributed by atoms with Gasteiger partial charge in [-0.2, -0.15) is 10.2 Å². The molecule has 0 spiro atoms. The molecule has 5 rings (SSSR count). The summed E-state index contributed by atoms with van der Waals surface area (Å²) in [7, 11) is 0. The molecule has 4 bridgehead atoms. The molecule has 6 nitrogen and oxygen atoms in total. The molecule has 0 amide bonds. The average Bonchev–Trinajstić information content (AvgIpc) is 3.14. The summed E-state index contributed by atoms with van der Waals surface area (Å²) in [5.41, 5.74) is 3.91. The third kappa shape index (κ3) is 3.54. The highest BCUT2D eigenvalue weighted by molar-refractivity contribution is 5.64. The summed E-state index contributed by atoms with van der Waals surface area (Å²) in [5, 5.41) is 16.0. The summed E-state index contributed by atoms with van der Waals surface area (Å²) in [6.45, 7) is 3.10. The van der Waals surface area contributed by atoms with Crippen molar-refractivity contribution in [3.63, 3.8) is 0 Å². The normalized spacial score (nSPS) is 20.2. The Bertz CT molecular complexity index is 1250. The van der Waals surface area contributed by atoms with E-state index in [-0.39, 0.29) is 11.2 Å². The van der Waals surface area contributed by atoms with Crippen LogP contribution in [0.1, 0.15) is 35.7 Å². The molecule has 0 saturated carbocycles. The van der Waals surface area contributed by atoms with Crippen molar-refractivity contribution < 1.29 is 9.13 Å². The van der Waals surface area contributed by atoms with Crippen molar-refractivity contribution in [1.29, 1.82) is 5.26 Å². The number of nitrogens with zero attached hydrogens (tertiary/aromatic N) is 3. The van der Waals surface area contributed by atoms with Crippen LogP contribution in [-0.4, -0.2) is 23.1 Å². The van der Waals surface area contributed by atoms with Crippen LogP contribution in [-0.2, 0) is 11.8 Å². The zero-order valence-corrected chi connectivity index (χ0v) is 17.7. The van der Waals surface area contributed by atoms with Crippen LogP contribution in [0.3, 0.4) is 0 Å². The Labute approximate surface area is 185 Å². The molecular weight excluding hydrogens is 405 g/mol. The summed E-state index contributed by atoms with van der Waals surface area (Å²) in [5.74, 6) is 1.51. The molecule has 7 heteroatoms. The van der Waals surface area contributed by atoms with E-state index in [4.69, 9.17) is 14.7 Å². The number of nitrogens with one attached hydrogen (secondary N) is 2. The number of nitriles is 1. The van der Waals surface area contributed by atoms with Crippen molar-refractivity contribution in [2.75, 3.05) is 23.8 Å². The van der Waals surface area contributed by atoms with Gasteiger partial charge >= 0.3 is 0 Å². The number of aromatic nitrogens is 2. The second-order valence-corrected chi connectivity index (χ2v) is 8.17. The molecule has 0 radical (unpaired) electrons. The predicted octanol–water partition coefficient (Wildman–Crippen LogP) is 4.84. The highest BCUT2D eigenvalue weighted by Crippen LogP contribution is 2.45. The van der Waals surface area contributed by atoms with Gasteiger partial charge in [-0.25, -0.2) is 9.37 Å². The van der Waals surface area contributed by atoms with E-state index < -0.39 is 0 Å².